The molecule has 0 aliphatic carbocycles. The molecule has 0 amide bonds. The van der Waals surface area contributed by atoms with Gasteiger partial charge in [-0.3, -0.25) is 4.98 Å². The third-order valence-corrected chi connectivity index (χ3v) is 5.27. The molecule has 28 heavy (non-hydrogen) atoms. The predicted molar refractivity (Wildman–Crippen MR) is 110 cm³/mol. The van der Waals surface area contributed by atoms with Crippen LogP contribution in [-0.4, -0.2) is 9.55 Å². The first-order chi connectivity index (χ1) is 13.7. The van der Waals surface area contributed by atoms with E-state index in [4.69, 9.17) is 0 Å². The Kier molecular flexibility index (Phi) is 4.39. The minimum atomic E-state index is 0.641. The summed E-state index contributed by atoms with van der Waals surface area (Å²) < 4.78 is 2.16. The Bertz CT molecular complexity index is 1270. The fraction of sp³-hybridized carbons (Fsp3) is 0.125. The van der Waals surface area contributed by atoms with Crippen LogP contribution in [0, 0.1) is 36.5 Å². The Morgan fingerprint density at radius 3 is 2.36 bits per heavy atom. The molecule has 4 aromatic rings. The molecule has 4 rings (SSSR count). The maximum Gasteiger partial charge on any atom is 0.102 e. The van der Waals surface area contributed by atoms with E-state index in [1.165, 1.54) is 0 Å². The fourth-order valence-corrected chi connectivity index (χ4v) is 3.88. The van der Waals surface area contributed by atoms with Crippen LogP contribution in [0.25, 0.3) is 21.9 Å². The number of aromatic nitrogens is 2. The SMILES string of the molecule is Cc1c(C#N)c(-c2ccc(C#N)c3ccccc23)c(C)n1Cc1cccnc1. The molecular formula is C24H18N4. The number of hydrogen-bond donors (Lipinski definition) is 0. The number of rotatable bonds is 3. The highest BCUT2D eigenvalue weighted by molar-refractivity contribution is 6.01. The molecule has 2 heterocycles. The van der Waals surface area contributed by atoms with Gasteiger partial charge in [0.2, 0.25) is 0 Å². The van der Waals surface area contributed by atoms with E-state index in [1.807, 2.05) is 68.6 Å². The number of benzene rings is 2. The highest BCUT2D eigenvalue weighted by Crippen LogP contribution is 2.37. The number of nitrogens with zero attached hydrogens (tertiary/aromatic N) is 4. The summed E-state index contributed by atoms with van der Waals surface area (Å²) in [6.07, 6.45) is 3.61. The topological polar surface area (TPSA) is 65.4 Å². The van der Waals surface area contributed by atoms with Crippen LogP contribution in [0.5, 0.6) is 0 Å². The van der Waals surface area contributed by atoms with E-state index in [2.05, 4.69) is 21.7 Å². The number of pyridine rings is 1. The Hall–Kier alpha value is -3.89. The molecule has 0 saturated carbocycles. The zero-order valence-corrected chi connectivity index (χ0v) is 15.8. The van der Waals surface area contributed by atoms with Gasteiger partial charge < -0.3 is 4.57 Å². The van der Waals surface area contributed by atoms with Gasteiger partial charge in [0, 0.05) is 41.3 Å². The van der Waals surface area contributed by atoms with Crippen LogP contribution < -0.4 is 0 Å². The van der Waals surface area contributed by atoms with Crippen LogP contribution in [0.4, 0.5) is 0 Å². The lowest BCUT2D eigenvalue weighted by molar-refractivity contribution is 0.746. The maximum absolute atomic E-state index is 9.91. The lowest BCUT2D eigenvalue weighted by Crippen LogP contribution is -2.04. The van der Waals surface area contributed by atoms with E-state index in [0.29, 0.717) is 17.7 Å². The van der Waals surface area contributed by atoms with E-state index in [9.17, 15) is 10.5 Å². The molecule has 4 heteroatoms. The van der Waals surface area contributed by atoms with Crippen molar-refractivity contribution >= 4 is 10.8 Å². The fourth-order valence-electron chi connectivity index (χ4n) is 3.88. The summed E-state index contributed by atoms with van der Waals surface area (Å²) in [4.78, 5) is 4.20. The second-order valence-corrected chi connectivity index (χ2v) is 6.80. The van der Waals surface area contributed by atoms with Crippen molar-refractivity contribution < 1.29 is 0 Å². The Balaban J connectivity index is 1.98. The van der Waals surface area contributed by atoms with Gasteiger partial charge in [0.15, 0.2) is 0 Å². The van der Waals surface area contributed by atoms with Crippen LogP contribution >= 0.6 is 0 Å². The van der Waals surface area contributed by atoms with Crippen molar-refractivity contribution in [2.75, 3.05) is 0 Å². The van der Waals surface area contributed by atoms with Gasteiger partial charge in [-0.15, -0.1) is 0 Å². The molecule has 134 valence electrons. The molecule has 0 unspecified atom stereocenters. The van der Waals surface area contributed by atoms with E-state index in [0.717, 1.165) is 38.9 Å². The molecule has 0 radical (unpaired) electrons. The van der Waals surface area contributed by atoms with Crippen molar-refractivity contribution in [3.8, 4) is 23.3 Å². The molecule has 0 bridgehead atoms. The van der Waals surface area contributed by atoms with Crippen molar-refractivity contribution in [3.05, 3.63) is 89.0 Å². The van der Waals surface area contributed by atoms with Crippen molar-refractivity contribution in [2.24, 2.45) is 0 Å². The Morgan fingerprint density at radius 2 is 1.68 bits per heavy atom. The third-order valence-electron chi connectivity index (χ3n) is 5.27. The molecule has 0 fully saturated rings. The van der Waals surface area contributed by atoms with Gasteiger partial charge in [-0.2, -0.15) is 10.5 Å². The van der Waals surface area contributed by atoms with Gasteiger partial charge in [-0.25, -0.2) is 0 Å². The Labute approximate surface area is 163 Å². The van der Waals surface area contributed by atoms with Gasteiger partial charge >= 0.3 is 0 Å². The normalized spacial score (nSPS) is 10.6. The summed E-state index contributed by atoms with van der Waals surface area (Å²) in [6.45, 7) is 4.69. The van der Waals surface area contributed by atoms with E-state index >= 15 is 0 Å². The monoisotopic (exact) mass is 362 g/mol. The largest absolute Gasteiger partial charge is 0.343 e. The maximum atomic E-state index is 9.91. The first-order valence-electron chi connectivity index (χ1n) is 9.06. The van der Waals surface area contributed by atoms with Crippen LogP contribution in [0.15, 0.2) is 60.9 Å². The molecule has 0 aliphatic heterocycles. The minimum Gasteiger partial charge on any atom is -0.343 e. The lowest BCUT2D eigenvalue weighted by Gasteiger charge is -2.11. The quantitative estimate of drug-likeness (QED) is 0.508. The first kappa shape index (κ1) is 17.5. The number of nitriles is 2. The second kappa shape index (κ2) is 7.02. The zero-order chi connectivity index (χ0) is 19.7. The van der Waals surface area contributed by atoms with Crippen molar-refractivity contribution in [3.63, 3.8) is 0 Å². The van der Waals surface area contributed by atoms with Crippen LogP contribution in [0.1, 0.15) is 28.1 Å². The standard InChI is InChI=1S/C24H18N4/c1-16-23(13-26)24(17(2)28(16)15-18-6-5-11-27-14-18)22-10-9-19(12-25)20-7-3-4-8-21(20)22/h3-11,14H,15H2,1-2H3. The van der Waals surface area contributed by atoms with Crippen molar-refractivity contribution in [1.29, 1.82) is 10.5 Å². The van der Waals surface area contributed by atoms with Gasteiger partial charge in [0.05, 0.1) is 17.2 Å². The molecule has 0 aliphatic rings. The average molecular weight is 362 g/mol. The minimum absolute atomic E-state index is 0.641. The summed E-state index contributed by atoms with van der Waals surface area (Å²) in [5.74, 6) is 0. The summed E-state index contributed by atoms with van der Waals surface area (Å²) in [5, 5.41) is 21.3. The van der Waals surface area contributed by atoms with Gasteiger partial charge in [0.25, 0.3) is 0 Å². The highest BCUT2D eigenvalue weighted by Gasteiger charge is 2.21. The summed E-state index contributed by atoms with van der Waals surface area (Å²) in [7, 11) is 0. The molecule has 2 aromatic carbocycles. The van der Waals surface area contributed by atoms with Crippen LogP contribution in [-0.2, 0) is 6.54 Å². The van der Waals surface area contributed by atoms with Crippen molar-refractivity contribution in [1.82, 2.24) is 9.55 Å². The van der Waals surface area contributed by atoms with Gasteiger partial charge in [-0.05, 0) is 42.5 Å². The number of fused-ring (bicyclic) bond motifs is 1. The summed E-state index contributed by atoms with van der Waals surface area (Å²) in [5.41, 5.74) is 6.30. The second-order valence-electron chi connectivity index (χ2n) is 6.80. The smallest absolute Gasteiger partial charge is 0.102 e. The molecule has 0 saturated heterocycles. The van der Waals surface area contributed by atoms with Crippen LogP contribution in [0.2, 0.25) is 0 Å². The third kappa shape index (κ3) is 2.73. The van der Waals surface area contributed by atoms with Gasteiger partial charge in [0.1, 0.15) is 6.07 Å². The van der Waals surface area contributed by atoms with E-state index < -0.39 is 0 Å². The predicted octanol–water partition coefficient (Wildman–Crippen LogP) is 5.11. The van der Waals surface area contributed by atoms with Crippen molar-refractivity contribution in [2.45, 2.75) is 20.4 Å². The molecular weight excluding hydrogens is 344 g/mol. The molecule has 0 N–H and O–H groups in total. The van der Waals surface area contributed by atoms with E-state index in [1.54, 1.807) is 6.20 Å². The van der Waals surface area contributed by atoms with Crippen LogP contribution in [0.3, 0.4) is 0 Å². The molecule has 2 aromatic heterocycles. The zero-order valence-electron chi connectivity index (χ0n) is 15.8. The van der Waals surface area contributed by atoms with Gasteiger partial charge in [-0.1, -0.05) is 36.4 Å². The Morgan fingerprint density at radius 1 is 0.893 bits per heavy atom. The lowest BCUT2D eigenvalue weighted by atomic mass is 9.93. The summed E-state index contributed by atoms with van der Waals surface area (Å²) >= 11 is 0. The molecule has 4 nitrogen and oxygen atoms in total. The van der Waals surface area contributed by atoms with E-state index in [-0.39, 0.29) is 0 Å². The summed E-state index contributed by atoms with van der Waals surface area (Å²) in [6, 6.07) is 20.3. The number of hydrogen-bond acceptors (Lipinski definition) is 3. The molecule has 0 atom stereocenters. The first-order valence-corrected chi connectivity index (χ1v) is 9.06. The molecule has 0 spiro atoms. The average Bonchev–Trinajstić information content (AvgIpc) is 2.97. The highest BCUT2D eigenvalue weighted by atomic mass is 15.0.